The first-order valence-corrected chi connectivity index (χ1v) is 9.56. The molecule has 0 aliphatic carbocycles. The van der Waals surface area contributed by atoms with Crippen molar-refractivity contribution in [3.05, 3.63) is 83.4 Å². The molecule has 6 aromatic rings. The number of pyridine rings is 1. The number of imidazole rings is 2. The smallest absolute Gasteiger partial charge is 0.261 e. The first kappa shape index (κ1) is 16.6. The quantitative estimate of drug-likeness (QED) is 0.351. The fourth-order valence-electron chi connectivity index (χ4n) is 3.83. The summed E-state index contributed by atoms with van der Waals surface area (Å²) in [7, 11) is 0. The zero-order valence-corrected chi connectivity index (χ0v) is 15.7. The number of aromatic amines is 3. The first-order valence-electron chi connectivity index (χ1n) is 9.56. The van der Waals surface area contributed by atoms with Crippen molar-refractivity contribution < 1.29 is 0 Å². The second kappa shape index (κ2) is 6.31. The molecule has 0 aliphatic heterocycles. The number of benzene rings is 3. The topological polar surface area (TPSA) is 102 Å². The molecule has 0 saturated carbocycles. The van der Waals surface area contributed by atoms with E-state index in [4.69, 9.17) is 0 Å². The van der Waals surface area contributed by atoms with Gasteiger partial charge in [-0.2, -0.15) is 0 Å². The van der Waals surface area contributed by atoms with Gasteiger partial charge in [0.05, 0.1) is 39.6 Å². The highest BCUT2D eigenvalue weighted by atomic mass is 16.1. The Kier molecular flexibility index (Phi) is 3.48. The highest BCUT2D eigenvalue weighted by molar-refractivity contribution is 6.01. The molecule has 0 saturated heterocycles. The summed E-state index contributed by atoms with van der Waals surface area (Å²) < 4.78 is 0. The van der Waals surface area contributed by atoms with E-state index in [1.807, 2.05) is 66.7 Å². The summed E-state index contributed by atoms with van der Waals surface area (Å²) in [6, 6.07) is 21.3. The SMILES string of the molecule is O=c1[nH]c2ccccc2c(Nc2ccc3nc[nH]c3c2)c1-c1nc2ccccc2[nH]1. The molecule has 0 amide bonds. The molecule has 3 aromatic carbocycles. The van der Waals surface area contributed by atoms with Gasteiger partial charge in [0.15, 0.2) is 0 Å². The van der Waals surface area contributed by atoms with Crippen LogP contribution in [0.15, 0.2) is 77.9 Å². The maximum Gasteiger partial charge on any atom is 0.261 e. The number of fused-ring (bicyclic) bond motifs is 3. The molecular formula is C23H16N6O. The van der Waals surface area contributed by atoms with Crippen LogP contribution in [0, 0.1) is 0 Å². The number of rotatable bonds is 3. The van der Waals surface area contributed by atoms with Crippen molar-refractivity contribution >= 4 is 44.3 Å². The van der Waals surface area contributed by atoms with Crippen molar-refractivity contribution in [1.82, 2.24) is 24.9 Å². The Bertz CT molecular complexity index is 1570. The molecule has 30 heavy (non-hydrogen) atoms. The van der Waals surface area contributed by atoms with E-state index in [0.29, 0.717) is 17.1 Å². The van der Waals surface area contributed by atoms with Crippen molar-refractivity contribution in [3.63, 3.8) is 0 Å². The summed E-state index contributed by atoms with van der Waals surface area (Å²) in [6.07, 6.45) is 1.66. The monoisotopic (exact) mass is 392 g/mol. The van der Waals surface area contributed by atoms with E-state index in [1.165, 1.54) is 0 Å². The van der Waals surface area contributed by atoms with Crippen LogP contribution in [0.4, 0.5) is 11.4 Å². The van der Waals surface area contributed by atoms with E-state index >= 15 is 0 Å². The summed E-state index contributed by atoms with van der Waals surface area (Å²) in [5, 5.41) is 4.35. The van der Waals surface area contributed by atoms with E-state index in [9.17, 15) is 4.79 Å². The average Bonchev–Trinajstić information content (AvgIpc) is 3.40. The second-order valence-corrected chi connectivity index (χ2v) is 7.11. The third-order valence-electron chi connectivity index (χ3n) is 5.24. The number of aromatic nitrogens is 5. The van der Waals surface area contributed by atoms with Gasteiger partial charge in [0, 0.05) is 11.1 Å². The standard InChI is InChI=1S/C23H16N6O/c30-23-20(22-27-17-7-3-4-8-18(17)28-22)21(14-5-1-2-6-15(14)29-23)26-13-9-10-16-19(11-13)25-12-24-16/h1-12H,(H,24,25)(H,27,28)(H2,26,29,30). The Morgan fingerprint density at radius 3 is 2.53 bits per heavy atom. The predicted molar refractivity (Wildman–Crippen MR) is 119 cm³/mol. The molecule has 0 aliphatic rings. The lowest BCUT2D eigenvalue weighted by Gasteiger charge is -2.13. The van der Waals surface area contributed by atoms with Crippen molar-refractivity contribution in [2.45, 2.75) is 0 Å². The van der Waals surface area contributed by atoms with Crippen LogP contribution >= 0.6 is 0 Å². The van der Waals surface area contributed by atoms with Gasteiger partial charge in [-0.25, -0.2) is 9.97 Å². The van der Waals surface area contributed by atoms with Gasteiger partial charge in [-0.1, -0.05) is 30.3 Å². The molecule has 3 heterocycles. The Labute approximate surface area is 169 Å². The summed E-state index contributed by atoms with van der Waals surface area (Å²) >= 11 is 0. The fourth-order valence-corrected chi connectivity index (χ4v) is 3.83. The van der Waals surface area contributed by atoms with Crippen LogP contribution in [-0.2, 0) is 0 Å². The van der Waals surface area contributed by atoms with Gasteiger partial charge >= 0.3 is 0 Å². The van der Waals surface area contributed by atoms with Crippen molar-refractivity contribution in [2.24, 2.45) is 0 Å². The van der Waals surface area contributed by atoms with Gasteiger partial charge in [-0.15, -0.1) is 0 Å². The molecule has 4 N–H and O–H groups in total. The van der Waals surface area contributed by atoms with Crippen molar-refractivity contribution in [2.75, 3.05) is 5.32 Å². The summed E-state index contributed by atoms with van der Waals surface area (Å²) in [5.41, 5.74) is 6.05. The Balaban J connectivity index is 1.61. The van der Waals surface area contributed by atoms with Crippen LogP contribution in [0.2, 0.25) is 0 Å². The molecular weight excluding hydrogens is 376 g/mol. The van der Waals surface area contributed by atoms with E-state index < -0.39 is 0 Å². The maximum atomic E-state index is 13.1. The van der Waals surface area contributed by atoms with Gasteiger partial charge in [0.1, 0.15) is 11.4 Å². The highest BCUT2D eigenvalue weighted by Crippen LogP contribution is 2.33. The number of nitrogens with zero attached hydrogens (tertiary/aromatic N) is 2. The molecule has 0 atom stereocenters. The van der Waals surface area contributed by atoms with Gasteiger partial charge in [-0.3, -0.25) is 4.79 Å². The van der Waals surface area contributed by atoms with E-state index in [2.05, 4.69) is 30.2 Å². The molecule has 7 heteroatoms. The Morgan fingerprint density at radius 1 is 0.800 bits per heavy atom. The van der Waals surface area contributed by atoms with Crippen molar-refractivity contribution in [3.8, 4) is 11.4 Å². The Morgan fingerprint density at radius 2 is 1.63 bits per heavy atom. The molecule has 0 spiro atoms. The second-order valence-electron chi connectivity index (χ2n) is 7.11. The molecule has 0 radical (unpaired) electrons. The van der Waals surface area contributed by atoms with E-state index in [0.717, 1.165) is 38.7 Å². The Hall–Kier alpha value is -4.39. The molecule has 0 bridgehead atoms. The largest absolute Gasteiger partial charge is 0.354 e. The third kappa shape index (κ3) is 2.56. The third-order valence-corrected chi connectivity index (χ3v) is 5.24. The summed E-state index contributed by atoms with van der Waals surface area (Å²) in [6.45, 7) is 0. The van der Waals surface area contributed by atoms with Gasteiger partial charge in [0.2, 0.25) is 0 Å². The minimum atomic E-state index is -0.210. The number of para-hydroxylation sites is 3. The number of nitrogens with one attached hydrogen (secondary N) is 4. The van der Waals surface area contributed by atoms with Crippen LogP contribution in [0.25, 0.3) is 44.4 Å². The molecule has 144 valence electrons. The molecule has 7 nitrogen and oxygen atoms in total. The van der Waals surface area contributed by atoms with Gasteiger partial charge in [0.25, 0.3) is 5.56 Å². The van der Waals surface area contributed by atoms with Gasteiger partial charge < -0.3 is 20.3 Å². The minimum Gasteiger partial charge on any atom is -0.354 e. The van der Waals surface area contributed by atoms with Crippen LogP contribution in [0.3, 0.4) is 0 Å². The van der Waals surface area contributed by atoms with E-state index in [-0.39, 0.29) is 5.56 Å². The van der Waals surface area contributed by atoms with Crippen LogP contribution in [0.1, 0.15) is 0 Å². The van der Waals surface area contributed by atoms with Gasteiger partial charge in [-0.05, 0) is 36.4 Å². The maximum absolute atomic E-state index is 13.1. The first-order chi connectivity index (χ1) is 14.8. The zero-order chi connectivity index (χ0) is 20.1. The average molecular weight is 392 g/mol. The highest BCUT2D eigenvalue weighted by Gasteiger charge is 2.18. The number of hydrogen-bond donors (Lipinski definition) is 4. The van der Waals surface area contributed by atoms with Crippen molar-refractivity contribution in [1.29, 1.82) is 0 Å². The minimum absolute atomic E-state index is 0.210. The van der Waals surface area contributed by atoms with Crippen LogP contribution < -0.4 is 10.9 Å². The number of H-pyrrole nitrogens is 3. The lowest BCUT2D eigenvalue weighted by molar-refractivity contribution is 1.25. The summed E-state index contributed by atoms with van der Waals surface area (Å²) in [5.74, 6) is 0.522. The number of hydrogen-bond acceptors (Lipinski definition) is 4. The molecule has 3 aromatic heterocycles. The zero-order valence-electron chi connectivity index (χ0n) is 15.7. The molecule has 6 rings (SSSR count). The van der Waals surface area contributed by atoms with E-state index in [1.54, 1.807) is 6.33 Å². The lowest BCUT2D eigenvalue weighted by Crippen LogP contribution is -2.13. The van der Waals surface area contributed by atoms with Crippen LogP contribution in [0.5, 0.6) is 0 Å². The lowest BCUT2D eigenvalue weighted by atomic mass is 10.1. The predicted octanol–water partition coefficient (Wildman–Crippen LogP) is 4.69. The summed E-state index contributed by atoms with van der Waals surface area (Å²) in [4.78, 5) is 31.4. The molecule has 0 fully saturated rings. The molecule has 0 unspecified atom stereocenters. The number of anilines is 2. The fraction of sp³-hybridized carbons (Fsp3) is 0. The van der Waals surface area contributed by atoms with Crippen LogP contribution in [-0.4, -0.2) is 24.9 Å². The normalized spacial score (nSPS) is 11.5.